The quantitative estimate of drug-likeness (QED) is 0.888. The zero-order chi connectivity index (χ0) is 14.7. The van der Waals surface area contributed by atoms with Crippen LogP contribution in [0.1, 0.15) is 56.9 Å². The van der Waals surface area contributed by atoms with Crippen molar-refractivity contribution in [1.82, 2.24) is 9.88 Å². The van der Waals surface area contributed by atoms with Gasteiger partial charge in [0.05, 0.1) is 5.69 Å². The number of carbonyl (C=O) groups is 1. The van der Waals surface area contributed by atoms with Crippen molar-refractivity contribution in [2.75, 3.05) is 5.73 Å². The number of nitrogen functional groups attached to an aromatic ring is 1. The van der Waals surface area contributed by atoms with Crippen LogP contribution < -0.4 is 11.1 Å². The number of nitrogens with two attached hydrogens (primary N) is 1. The number of nitrogens with one attached hydrogen (secondary N) is 1. The van der Waals surface area contributed by atoms with Gasteiger partial charge in [-0.25, -0.2) is 0 Å². The maximum absolute atomic E-state index is 12.4. The normalized spacial score (nSPS) is 26.4. The molecule has 1 saturated carbocycles. The van der Waals surface area contributed by atoms with Crippen molar-refractivity contribution in [3.63, 3.8) is 0 Å². The SMILES string of the molecule is CCCn1cc(N)cc1C(=O)NC1CCC(C)C(C)C1. The molecule has 1 aliphatic rings. The summed E-state index contributed by atoms with van der Waals surface area (Å²) < 4.78 is 1.96. The van der Waals surface area contributed by atoms with Crippen molar-refractivity contribution in [3.8, 4) is 0 Å². The van der Waals surface area contributed by atoms with E-state index in [0.717, 1.165) is 31.7 Å². The number of hydrogen-bond acceptors (Lipinski definition) is 2. The lowest BCUT2D eigenvalue weighted by atomic mass is 9.79. The lowest BCUT2D eigenvalue weighted by molar-refractivity contribution is 0.0901. The molecule has 4 nitrogen and oxygen atoms in total. The van der Waals surface area contributed by atoms with Crippen molar-refractivity contribution >= 4 is 11.6 Å². The van der Waals surface area contributed by atoms with E-state index in [1.807, 2.05) is 10.8 Å². The molecule has 0 bridgehead atoms. The average Bonchev–Trinajstić information content (AvgIpc) is 2.75. The van der Waals surface area contributed by atoms with Crippen LogP contribution in [0, 0.1) is 11.8 Å². The third-order valence-electron chi connectivity index (χ3n) is 4.55. The fourth-order valence-corrected chi connectivity index (χ4v) is 3.09. The second-order valence-corrected chi connectivity index (χ2v) is 6.29. The minimum Gasteiger partial charge on any atom is -0.397 e. The number of aryl methyl sites for hydroxylation is 1. The van der Waals surface area contributed by atoms with Crippen LogP contribution in [0.15, 0.2) is 12.3 Å². The van der Waals surface area contributed by atoms with Crippen LogP contribution >= 0.6 is 0 Å². The van der Waals surface area contributed by atoms with Crippen molar-refractivity contribution in [2.45, 2.75) is 59.0 Å². The van der Waals surface area contributed by atoms with Crippen LogP contribution in [0.2, 0.25) is 0 Å². The van der Waals surface area contributed by atoms with Crippen molar-refractivity contribution in [3.05, 3.63) is 18.0 Å². The highest BCUT2D eigenvalue weighted by Gasteiger charge is 2.26. The molecule has 2 rings (SSSR count). The second kappa shape index (κ2) is 6.33. The number of nitrogens with zero attached hydrogens (tertiary/aromatic N) is 1. The van der Waals surface area contributed by atoms with Gasteiger partial charge in [-0.15, -0.1) is 0 Å². The third kappa shape index (κ3) is 3.35. The first-order valence-corrected chi connectivity index (χ1v) is 7.77. The minimum absolute atomic E-state index is 0.0157. The molecule has 1 amide bonds. The average molecular weight is 277 g/mol. The molecule has 112 valence electrons. The highest BCUT2D eigenvalue weighted by Crippen LogP contribution is 2.29. The van der Waals surface area contributed by atoms with Crippen molar-refractivity contribution in [1.29, 1.82) is 0 Å². The van der Waals surface area contributed by atoms with Gasteiger partial charge >= 0.3 is 0 Å². The zero-order valence-electron chi connectivity index (χ0n) is 12.9. The van der Waals surface area contributed by atoms with Crippen LogP contribution in [-0.2, 0) is 6.54 Å². The Kier molecular flexibility index (Phi) is 4.73. The molecule has 0 spiro atoms. The van der Waals surface area contributed by atoms with Gasteiger partial charge in [-0.1, -0.05) is 20.8 Å². The molecule has 0 radical (unpaired) electrons. The molecular weight excluding hydrogens is 250 g/mol. The zero-order valence-corrected chi connectivity index (χ0v) is 12.9. The van der Waals surface area contributed by atoms with E-state index in [4.69, 9.17) is 5.73 Å². The highest BCUT2D eigenvalue weighted by atomic mass is 16.2. The molecule has 0 aliphatic heterocycles. The molecule has 1 fully saturated rings. The largest absolute Gasteiger partial charge is 0.397 e. The Labute approximate surface area is 121 Å². The lowest BCUT2D eigenvalue weighted by Gasteiger charge is -2.32. The summed E-state index contributed by atoms with van der Waals surface area (Å²) >= 11 is 0. The first-order valence-electron chi connectivity index (χ1n) is 7.77. The molecule has 1 aliphatic carbocycles. The van der Waals surface area contributed by atoms with Crippen LogP contribution in [0.3, 0.4) is 0 Å². The van der Waals surface area contributed by atoms with Crippen LogP contribution in [0.4, 0.5) is 5.69 Å². The van der Waals surface area contributed by atoms with E-state index < -0.39 is 0 Å². The van der Waals surface area contributed by atoms with E-state index >= 15 is 0 Å². The van der Waals surface area contributed by atoms with Crippen LogP contribution in [0.5, 0.6) is 0 Å². The number of anilines is 1. The van der Waals surface area contributed by atoms with Crippen molar-refractivity contribution in [2.24, 2.45) is 11.8 Å². The molecule has 0 aromatic carbocycles. The van der Waals surface area contributed by atoms with Gasteiger partial charge in [-0.05, 0) is 43.6 Å². The smallest absolute Gasteiger partial charge is 0.268 e. The fourth-order valence-electron chi connectivity index (χ4n) is 3.09. The fraction of sp³-hybridized carbons (Fsp3) is 0.688. The Morgan fingerprint density at radius 1 is 1.40 bits per heavy atom. The van der Waals surface area contributed by atoms with E-state index in [0.29, 0.717) is 23.3 Å². The molecule has 1 heterocycles. The molecule has 3 N–H and O–H groups in total. The summed E-state index contributed by atoms with van der Waals surface area (Å²) in [6, 6.07) is 2.08. The van der Waals surface area contributed by atoms with E-state index in [1.54, 1.807) is 6.07 Å². The van der Waals surface area contributed by atoms with E-state index in [-0.39, 0.29) is 5.91 Å². The van der Waals surface area contributed by atoms with Crippen LogP contribution in [-0.4, -0.2) is 16.5 Å². The molecular formula is C16H27N3O. The topological polar surface area (TPSA) is 60.0 Å². The first kappa shape index (κ1) is 14.9. The van der Waals surface area contributed by atoms with E-state index in [9.17, 15) is 4.79 Å². The molecule has 0 saturated heterocycles. The predicted octanol–water partition coefficient (Wildman–Crippen LogP) is 3.03. The molecule has 20 heavy (non-hydrogen) atoms. The maximum Gasteiger partial charge on any atom is 0.268 e. The minimum atomic E-state index is 0.0157. The van der Waals surface area contributed by atoms with Crippen LogP contribution in [0.25, 0.3) is 0 Å². The first-order chi connectivity index (χ1) is 9.51. The molecule has 4 heteroatoms. The number of amides is 1. The predicted molar refractivity (Wildman–Crippen MR) is 82.6 cm³/mol. The molecule has 1 aromatic rings. The second-order valence-electron chi connectivity index (χ2n) is 6.29. The highest BCUT2D eigenvalue weighted by molar-refractivity contribution is 5.94. The lowest BCUT2D eigenvalue weighted by Crippen LogP contribution is -2.40. The van der Waals surface area contributed by atoms with Gasteiger partial charge in [0.25, 0.3) is 5.91 Å². The standard InChI is InChI=1S/C16H27N3O/c1-4-7-19-10-13(17)9-15(19)16(20)18-14-6-5-11(2)12(3)8-14/h9-12,14H,4-8,17H2,1-3H3,(H,18,20). The molecule has 1 aromatic heterocycles. The van der Waals surface area contributed by atoms with Gasteiger partial charge in [0.15, 0.2) is 0 Å². The van der Waals surface area contributed by atoms with Gasteiger partial charge in [0, 0.05) is 18.8 Å². The number of aromatic nitrogens is 1. The Balaban J connectivity index is 2.01. The third-order valence-corrected chi connectivity index (χ3v) is 4.55. The van der Waals surface area contributed by atoms with Gasteiger partial charge in [-0.2, -0.15) is 0 Å². The van der Waals surface area contributed by atoms with Crippen molar-refractivity contribution < 1.29 is 4.79 Å². The van der Waals surface area contributed by atoms with E-state index in [2.05, 4.69) is 26.1 Å². The summed E-state index contributed by atoms with van der Waals surface area (Å²) in [4.78, 5) is 12.4. The number of carbonyl (C=O) groups excluding carboxylic acids is 1. The summed E-state index contributed by atoms with van der Waals surface area (Å²) in [5, 5.41) is 3.18. The Bertz CT molecular complexity index is 466. The summed E-state index contributed by atoms with van der Waals surface area (Å²) in [5.74, 6) is 1.46. The van der Waals surface area contributed by atoms with Gasteiger partial charge in [-0.3, -0.25) is 4.79 Å². The maximum atomic E-state index is 12.4. The Morgan fingerprint density at radius 2 is 2.15 bits per heavy atom. The number of rotatable bonds is 4. The number of hydrogen-bond donors (Lipinski definition) is 2. The van der Waals surface area contributed by atoms with Gasteiger partial charge in [0.1, 0.15) is 5.69 Å². The molecule has 3 unspecified atom stereocenters. The van der Waals surface area contributed by atoms with Gasteiger partial charge < -0.3 is 15.6 Å². The van der Waals surface area contributed by atoms with Gasteiger partial charge in [0.2, 0.25) is 0 Å². The summed E-state index contributed by atoms with van der Waals surface area (Å²) in [7, 11) is 0. The monoisotopic (exact) mass is 277 g/mol. The van der Waals surface area contributed by atoms with E-state index in [1.165, 1.54) is 6.42 Å². The Morgan fingerprint density at radius 3 is 2.80 bits per heavy atom. The summed E-state index contributed by atoms with van der Waals surface area (Å²) in [6.07, 6.45) is 6.21. The Hall–Kier alpha value is -1.45. The molecule has 3 atom stereocenters. The summed E-state index contributed by atoms with van der Waals surface area (Å²) in [5.41, 5.74) is 7.17. The summed E-state index contributed by atoms with van der Waals surface area (Å²) in [6.45, 7) is 7.51.